The number of hydrogen-bond donors (Lipinski definition) is 3. The maximum absolute atomic E-state index is 14.4. The molecule has 0 amide bonds. The second-order valence-corrected chi connectivity index (χ2v) is 5.26. The van der Waals surface area contributed by atoms with Crippen molar-refractivity contribution in [2.24, 2.45) is 0 Å². The Morgan fingerprint density at radius 2 is 2.04 bits per heavy atom. The summed E-state index contributed by atoms with van der Waals surface area (Å²) in [6.45, 7) is 2.77. The fourth-order valence-electron chi connectivity index (χ4n) is 2.20. The molecule has 0 atom stereocenters. The molecule has 1 aromatic heterocycles. The molecule has 0 spiro atoms. The zero-order chi connectivity index (χ0) is 18.8. The molecule has 136 valence electrons. The first kappa shape index (κ1) is 19.1. The highest BCUT2D eigenvalue weighted by molar-refractivity contribution is 6.08. The average molecular weight is 355 g/mol. The van der Waals surface area contributed by atoms with Crippen LogP contribution in [-0.4, -0.2) is 29.8 Å². The van der Waals surface area contributed by atoms with Gasteiger partial charge in [-0.2, -0.15) is 0 Å². The van der Waals surface area contributed by atoms with Crippen molar-refractivity contribution in [1.29, 1.82) is 5.41 Å². The first-order chi connectivity index (χ1) is 12.7. The molecule has 0 aliphatic carbocycles. The molecule has 0 aliphatic rings. The molecule has 0 saturated heterocycles. The van der Waals surface area contributed by atoms with Gasteiger partial charge in [0.1, 0.15) is 12.0 Å². The lowest BCUT2D eigenvalue weighted by Crippen LogP contribution is -2.06. The van der Waals surface area contributed by atoms with Gasteiger partial charge in [0.15, 0.2) is 11.6 Å². The molecule has 0 fully saturated rings. The quantitative estimate of drug-likeness (QED) is 0.474. The fourth-order valence-corrected chi connectivity index (χ4v) is 2.20. The largest absolute Gasteiger partial charge is 0.501 e. The third kappa shape index (κ3) is 5.14. The zero-order valence-electron chi connectivity index (χ0n) is 14.8. The van der Waals surface area contributed by atoms with Crippen molar-refractivity contribution < 1.29 is 9.13 Å². The molecule has 0 radical (unpaired) electrons. The van der Waals surface area contributed by atoms with Gasteiger partial charge in [0.05, 0.1) is 12.9 Å². The van der Waals surface area contributed by atoms with E-state index in [0.29, 0.717) is 13.2 Å². The normalized spacial score (nSPS) is 11.4. The van der Waals surface area contributed by atoms with Crippen LogP contribution in [0, 0.1) is 11.2 Å². The van der Waals surface area contributed by atoms with Crippen LogP contribution in [0.1, 0.15) is 23.7 Å². The topological polar surface area (TPSA) is 82.9 Å². The Morgan fingerprint density at radius 1 is 1.27 bits per heavy atom. The number of nitrogens with one attached hydrogen (secondary N) is 3. The van der Waals surface area contributed by atoms with E-state index in [-0.39, 0.29) is 11.5 Å². The first-order valence-corrected chi connectivity index (χ1v) is 8.19. The molecule has 7 heteroatoms. The molecule has 3 N–H and O–H groups in total. The molecule has 0 bridgehead atoms. The number of allylic oxidation sites excluding steroid dienone is 1. The van der Waals surface area contributed by atoms with Gasteiger partial charge >= 0.3 is 0 Å². The van der Waals surface area contributed by atoms with Crippen molar-refractivity contribution in [1.82, 2.24) is 15.3 Å². The number of aromatic nitrogens is 2. The Labute approximate surface area is 152 Å². The SMILES string of the molecule is CCO/C=C/c1ncnc(NCc2ccc(/C(C=N)=C/NC)cc2)c1F. The molecule has 1 aromatic carbocycles. The number of ether oxygens (including phenoxy) is 1. The molecular formula is C19H22FN5O. The van der Waals surface area contributed by atoms with E-state index in [1.165, 1.54) is 24.9 Å². The Morgan fingerprint density at radius 3 is 2.69 bits per heavy atom. The summed E-state index contributed by atoms with van der Waals surface area (Å²) in [6, 6.07) is 7.67. The number of halogens is 1. The van der Waals surface area contributed by atoms with Crippen molar-refractivity contribution in [2.75, 3.05) is 19.0 Å². The van der Waals surface area contributed by atoms with E-state index < -0.39 is 5.82 Å². The van der Waals surface area contributed by atoms with Gasteiger partial charge in [-0.05, 0) is 18.1 Å². The lowest BCUT2D eigenvalue weighted by Gasteiger charge is -2.09. The number of rotatable bonds is 9. The monoisotopic (exact) mass is 355 g/mol. The van der Waals surface area contributed by atoms with E-state index in [0.717, 1.165) is 16.7 Å². The molecule has 2 aromatic rings. The van der Waals surface area contributed by atoms with E-state index >= 15 is 0 Å². The van der Waals surface area contributed by atoms with Crippen LogP contribution in [0.2, 0.25) is 0 Å². The lowest BCUT2D eigenvalue weighted by molar-refractivity contribution is 0.272. The molecular weight excluding hydrogens is 333 g/mol. The molecule has 0 unspecified atom stereocenters. The highest BCUT2D eigenvalue weighted by Gasteiger charge is 2.09. The molecule has 6 nitrogen and oxygen atoms in total. The van der Waals surface area contributed by atoms with Crippen LogP contribution in [0.25, 0.3) is 11.6 Å². The predicted molar refractivity (Wildman–Crippen MR) is 102 cm³/mol. The van der Waals surface area contributed by atoms with Crippen LogP contribution in [0.15, 0.2) is 43.1 Å². The van der Waals surface area contributed by atoms with Crippen molar-refractivity contribution in [3.05, 3.63) is 65.7 Å². The van der Waals surface area contributed by atoms with E-state index in [4.69, 9.17) is 10.1 Å². The Kier molecular flexibility index (Phi) is 7.30. The van der Waals surface area contributed by atoms with E-state index in [1.54, 1.807) is 13.2 Å². The van der Waals surface area contributed by atoms with Gasteiger partial charge in [-0.3, -0.25) is 0 Å². The zero-order valence-corrected chi connectivity index (χ0v) is 14.8. The van der Waals surface area contributed by atoms with Crippen LogP contribution < -0.4 is 10.6 Å². The minimum atomic E-state index is -0.525. The summed E-state index contributed by atoms with van der Waals surface area (Å²) in [6.07, 6.45) is 7.23. The summed E-state index contributed by atoms with van der Waals surface area (Å²) in [7, 11) is 1.79. The number of benzene rings is 1. The summed E-state index contributed by atoms with van der Waals surface area (Å²) in [5, 5.41) is 13.3. The second kappa shape index (κ2) is 9.93. The highest BCUT2D eigenvalue weighted by atomic mass is 19.1. The third-order valence-electron chi connectivity index (χ3n) is 3.51. The Bertz CT molecular complexity index is 787. The van der Waals surface area contributed by atoms with Gasteiger partial charge in [0.2, 0.25) is 0 Å². The van der Waals surface area contributed by atoms with Crippen molar-refractivity contribution in [2.45, 2.75) is 13.5 Å². The van der Waals surface area contributed by atoms with Crippen LogP contribution in [-0.2, 0) is 11.3 Å². The summed E-state index contributed by atoms with van der Waals surface area (Å²) in [4.78, 5) is 7.84. The second-order valence-electron chi connectivity index (χ2n) is 5.26. The Hall–Kier alpha value is -3.22. The van der Waals surface area contributed by atoms with Gasteiger partial charge in [0, 0.05) is 37.7 Å². The summed E-state index contributed by atoms with van der Waals surface area (Å²) in [5.41, 5.74) is 2.83. The summed E-state index contributed by atoms with van der Waals surface area (Å²) in [5.74, 6) is -0.390. The van der Waals surface area contributed by atoms with Crippen LogP contribution in [0.5, 0.6) is 0 Å². The lowest BCUT2D eigenvalue weighted by atomic mass is 10.1. The maximum Gasteiger partial charge on any atom is 0.191 e. The predicted octanol–water partition coefficient (Wildman–Crippen LogP) is 3.44. The third-order valence-corrected chi connectivity index (χ3v) is 3.51. The molecule has 0 saturated carbocycles. The van der Waals surface area contributed by atoms with Gasteiger partial charge in [-0.1, -0.05) is 24.3 Å². The standard InChI is InChI=1S/C19H22FN5O/c1-3-26-9-8-17-18(20)19(25-13-24-17)23-11-14-4-6-15(7-5-14)16(10-21)12-22-2/h4-10,12-13,21-22H,3,11H2,1-2H3,(H,23,24,25)/b9-8+,16-12+,21-10?. The van der Waals surface area contributed by atoms with Gasteiger partial charge in [-0.25, -0.2) is 14.4 Å². The van der Waals surface area contributed by atoms with Crippen molar-refractivity contribution >= 4 is 23.7 Å². The number of anilines is 1. The van der Waals surface area contributed by atoms with E-state index in [1.807, 2.05) is 31.2 Å². The van der Waals surface area contributed by atoms with Gasteiger partial charge in [0.25, 0.3) is 0 Å². The van der Waals surface area contributed by atoms with Crippen LogP contribution >= 0.6 is 0 Å². The molecule has 1 heterocycles. The summed E-state index contributed by atoms with van der Waals surface area (Å²) >= 11 is 0. The number of nitrogens with zero attached hydrogens (tertiary/aromatic N) is 2. The van der Waals surface area contributed by atoms with E-state index in [9.17, 15) is 4.39 Å². The van der Waals surface area contributed by atoms with Gasteiger partial charge < -0.3 is 20.8 Å². The fraction of sp³-hybridized carbons (Fsp3) is 0.211. The molecule has 2 rings (SSSR count). The van der Waals surface area contributed by atoms with Gasteiger partial charge in [-0.15, -0.1) is 0 Å². The molecule has 0 aliphatic heterocycles. The minimum absolute atomic E-state index is 0.135. The maximum atomic E-state index is 14.4. The van der Waals surface area contributed by atoms with Crippen LogP contribution in [0.3, 0.4) is 0 Å². The van der Waals surface area contributed by atoms with Crippen molar-refractivity contribution in [3.8, 4) is 0 Å². The highest BCUT2D eigenvalue weighted by Crippen LogP contribution is 2.17. The minimum Gasteiger partial charge on any atom is -0.501 e. The number of hydrogen-bond acceptors (Lipinski definition) is 6. The van der Waals surface area contributed by atoms with Crippen LogP contribution in [0.4, 0.5) is 10.2 Å². The smallest absolute Gasteiger partial charge is 0.191 e. The van der Waals surface area contributed by atoms with E-state index in [2.05, 4.69) is 20.6 Å². The Balaban J connectivity index is 2.06. The first-order valence-electron chi connectivity index (χ1n) is 8.19. The summed E-state index contributed by atoms with van der Waals surface area (Å²) < 4.78 is 19.4. The molecule has 26 heavy (non-hydrogen) atoms. The average Bonchev–Trinajstić information content (AvgIpc) is 2.67. The van der Waals surface area contributed by atoms with Crippen molar-refractivity contribution in [3.63, 3.8) is 0 Å².